The number of hydrogen-bond donors (Lipinski definition) is 2. The minimum Gasteiger partial charge on any atom is -0.352 e. The molecule has 4 amide bonds. The molecule has 2 aromatic carbocycles. The van der Waals surface area contributed by atoms with E-state index in [4.69, 9.17) is 0 Å². The van der Waals surface area contributed by atoms with Gasteiger partial charge in [-0.05, 0) is 48.6 Å². The van der Waals surface area contributed by atoms with Crippen molar-refractivity contribution in [1.82, 2.24) is 20.5 Å². The zero-order chi connectivity index (χ0) is 25.3. The molecule has 8 heteroatoms. The van der Waals surface area contributed by atoms with Gasteiger partial charge in [0.1, 0.15) is 17.9 Å². The Labute approximate surface area is 210 Å². The Morgan fingerprint density at radius 3 is 2.53 bits per heavy atom. The van der Waals surface area contributed by atoms with Gasteiger partial charge in [-0.15, -0.1) is 0 Å². The summed E-state index contributed by atoms with van der Waals surface area (Å²) in [7, 11) is 0. The molecule has 0 bridgehead atoms. The van der Waals surface area contributed by atoms with E-state index in [0.29, 0.717) is 5.56 Å². The lowest BCUT2D eigenvalue weighted by atomic mass is 9.91. The number of anilines is 1. The highest BCUT2D eigenvalue weighted by atomic mass is 16.2. The Kier molecular flexibility index (Phi) is 6.18. The second kappa shape index (κ2) is 9.45. The van der Waals surface area contributed by atoms with Crippen molar-refractivity contribution < 1.29 is 14.4 Å². The molecule has 0 spiro atoms. The van der Waals surface area contributed by atoms with Gasteiger partial charge in [-0.2, -0.15) is 0 Å². The fourth-order valence-electron chi connectivity index (χ4n) is 4.72. The van der Waals surface area contributed by atoms with Crippen LogP contribution in [0, 0.1) is 6.92 Å². The molecule has 8 nitrogen and oxygen atoms in total. The van der Waals surface area contributed by atoms with E-state index >= 15 is 0 Å². The van der Waals surface area contributed by atoms with Crippen LogP contribution in [0.25, 0.3) is 0 Å². The molecule has 0 aliphatic carbocycles. The number of imide groups is 1. The minimum absolute atomic E-state index is 0.258. The number of hydrogen-bond acceptors (Lipinski definition) is 5. The van der Waals surface area contributed by atoms with E-state index in [-0.39, 0.29) is 13.1 Å². The summed E-state index contributed by atoms with van der Waals surface area (Å²) in [6, 6.07) is 19.2. The van der Waals surface area contributed by atoms with Crippen LogP contribution < -0.4 is 15.5 Å². The van der Waals surface area contributed by atoms with Gasteiger partial charge in [-0.1, -0.05) is 60.2 Å². The lowest BCUT2D eigenvalue weighted by Gasteiger charge is -2.29. The van der Waals surface area contributed by atoms with Gasteiger partial charge in [0.05, 0.1) is 0 Å². The van der Waals surface area contributed by atoms with Gasteiger partial charge in [0.2, 0.25) is 5.91 Å². The molecule has 2 N–H and O–H groups in total. The van der Waals surface area contributed by atoms with Gasteiger partial charge in [-0.25, -0.2) is 9.78 Å². The van der Waals surface area contributed by atoms with Crippen LogP contribution in [0.5, 0.6) is 0 Å². The third kappa shape index (κ3) is 4.54. The fourth-order valence-corrected chi connectivity index (χ4v) is 4.72. The average Bonchev–Trinajstić information content (AvgIpc) is 3.11. The largest absolute Gasteiger partial charge is 0.352 e. The van der Waals surface area contributed by atoms with Crippen molar-refractivity contribution in [3.05, 3.63) is 94.7 Å². The highest BCUT2D eigenvalue weighted by molar-refractivity contribution is 6.09. The number of rotatable bonds is 6. The maximum absolute atomic E-state index is 13.0. The molecule has 2 aliphatic rings. The Morgan fingerprint density at radius 2 is 1.81 bits per heavy atom. The Balaban J connectivity index is 1.16. The third-order valence-electron chi connectivity index (χ3n) is 6.96. The molecule has 0 radical (unpaired) electrons. The molecule has 184 valence electrons. The van der Waals surface area contributed by atoms with Crippen LogP contribution in [-0.2, 0) is 34.6 Å². The molecule has 2 aliphatic heterocycles. The molecule has 5 rings (SSSR count). The average molecular weight is 484 g/mol. The number of fused-ring (bicyclic) bond motifs is 1. The summed E-state index contributed by atoms with van der Waals surface area (Å²) >= 11 is 0. The van der Waals surface area contributed by atoms with Crippen LogP contribution >= 0.6 is 0 Å². The number of nitrogens with one attached hydrogen (secondary N) is 2. The van der Waals surface area contributed by atoms with E-state index in [9.17, 15) is 14.4 Å². The molecule has 1 aromatic heterocycles. The number of aromatic nitrogens is 1. The number of amides is 4. The molecular weight excluding hydrogens is 454 g/mol. The number of nitrogens with zero attached hydrogens (tertiary/aromatic N) is 3. The van der Waals surface area contributed by atoms with E-state index in [0.717, 1.165) is 41.4 Å². The first kappa shape index (κ1) is 23.5. The number of carbonyl (C=O) groups excluding carboxylic acids is 3. The summed E-state index contributed by atoms with van der Waals surface area (Å²) < 4.78 is 0. The van der Waals surface area contributed by atoms with Gasteiger partial charge in [0.15, 0.2) is 0 Å². The van der Waals surface area contributed by atoms with Crippen LogP contribution in [0.15, 0.2) is 66.9 Å². The SMILES string of the molecule is Cc1ccc(C2(C)NC(=O)N(CC(=O)NCc3ccc(N4CCc5ccccc5C4)nc3)C2=O)cc1. The van der Waals surface area contributed by atoms with Gasteiger partial charge >= 0.3 is 6.03 Å². The number of carbonyl (C=O) groups is 3. The summed E-state index contributed by atoms with van der Waals surface area (Å²) in [5.74, 6) is 0.0401. The van der Waals surface area contributed by atoms with Crippen molar-refractivity contribution in [3.63, 3.8) is 0 Å². The maximum atomic E-state index is 13.0. The van der Waals surface area contributed by atoms with Crippen molar-refractivity contribution in [2.24, 2.45) is 0 Å². The van der Waals surface area contributed by atoms with E-state index in [1.807, 2.05) is 43.3 Å². The second-order valence-electron chi connectivity index (χ2n) is 9.55. The van der Waals surface area contributed by atoms with E-state index in [2.05, 4.69) is 44.8 Å². The smallest absolute Gasteiger partial charge is 0.325 e. The zero-order valence-corrected chi connectivity index (χ0v) is 20.5. The van der Waals surface area contributed by atoms with Crippen LogP contribution in [0.2, 0.25) is 0 Å². The first-order valence-corrected chi connectivity index (χ1v) is 12.1. The molecule has 1 atom stereocenters. The maximum Gasteiger partial charge on any atom is 0.325 e. The van der Waals surface area contributed by atoms with Crippen LogP contribution in [0.1, 0.15) is 34.7 Å². The van der Waals surface area contributed by atoms with Gasteiger partial charge in [0, 0.05) is 25.8 Å². The second-order valence-corrected chi connectivity index (χ2v) is 9.55. The minimum atomic E-state index is -1.19. The van der Waals surface area contributed by atoms with Crippen LogP contribution in [0.3, 0.4) is 0 Å². The molecule has 0 saturated carbocycles. The predicted molar refractivity (Wildman–Crippen MR) is 136 cm³/mol. The molecule has 1 saturated heterocycles. The highest BCUT2D eigenvalue weighted by Gasteiger charge is 2.49. The first-order valence-electron chi connectivity index (χ1n) is 12.1. The topological polar surface area (TPSA) is 94.6 Å². The number of urea groups is 1. The van der Waals surface area contributed by atoms with Gasteiger partial charge < -0.3 is 15.5 Å². The standard InChI is InChI=1S/C28H29N5O3/c1-19-7-10-23(11-8-19)28(2)26(35)33(27(36)31-28)18-25(34)30-16-20-9-12-24(29-15-20)32-14-13-21-5-3-4-6-22(21)17-32/h3-12,15H,13-14,16-18H2,1-2H3,(H,30,34)(H,31,36). The van der Waals surface area contributed by atoms with E-state index in [1.165, 1.54) is 11.1 Å². The summed E-state index contributed by atoms with van der Waals surface area (Å²) in [5.41, 5.74) is 4.08. The zero-order valence-electron chi connectivity index (χ0n) is 20.5. The fraction of sp³-hybridized carbons (Fsp3) is 0.286. The monoisotopic (exact) mass is 483 g/mol. The summed E-state index contributed by atoms with van der Waals surface area (Å²) in [6.45, 7) is 5.26. The van der Waals surface area contributed by atoms with E-state index < -0.39 is 23.4 Å². The molecule has 3 heterocycles. The first-order chi connectivity index (χ1) is 17.3. The van der Waals surface area contributed by atoms with E-state index in [1.54, 1.807) is 13.1 Å². The van der Waals surface area contributed by atoms with Gasteiger partial charge in [0.25, 0.3) is 5.91 Å². The van der Waals surface area contributed by atoms with Crippen LogP contribution in [-0.4, -0.2) is 40.8 Å². The summed E-state index contributed by atoms with van der Waals surface area (Å²) in [4.78, 5) is 45.9. The number of pyridine rings is 1. The number of benzene rings is 2. The number of aryl methyl sites for hydroxylation is 1. The quantitative estimate of drug-likeness (QED) is 0.526. The van der Waals surface area contributed by atoms with Crippen molar-refractivity contribution in [2.75, 3.05) is 18.0 Å². The molecule has 1 unspecified atom stereocenters. The van der Waals surface area contributed by atoms with Crippen LogP contribution in [0.4, 0.5) is 10.6 Å². The summed E-state index contributed by atoms with van der Waals surface area (Å²) in [5, 5.41) is 5.52. The Bertz CT molecular complexity index is 1310. The Hall–Kier alpha value is -4.20. The normalized spacial score (nSPS) is 19.2. The third-order valence-corrected chi connectivity index (χ3v) is 6.96. The molecule has 3 aromatic rings. The highest BCUT2D eigenvalue weighted by Crippen LogP contribution is 2.29. The van der Waals surface area contributed by atoms with Gasteiger partial charge in [-0.3, -0.25) is 14.5 Å². The summed E-state index contributed by atoms with van der Waals surface area (Å²) in [6.07, 6.45) is 2.74. The lowest BCUT2D eigenvalue weighted by Crippen LogP contribution is -2.43. The molecule has 36 heavy (non-hydrogen) atoms. The Morgan fingerprint density at radius 1 is 1.06 bits per heavy atom. The van der Waals surface area contributed by atoms with Crippen molar-refractivity contribution in [2.45, 2.75) is 38.9 Å². The molecular formula is C28H29N5O3. The predicted octanol–water partition coefficient (Wildman–Crippen LogP) is 3.04. The van der Waals surface area contributed by atoms with Crippen molar-refractivity contribution in [3.8, 4) is 0 Å². The molecule has 1 fully saturated rings. The lowest BCUT2D eigenvalue weighted by molar-refractivity contribution is -0.134. The van der Waals surface area contributed by atoms with Crippen molar-refractivity contribution in [1.29, 1.82) is 0 Å². The van der Waals surface area contributed by atoms with Crippen molar-refractivity contribution >= 4 is 23.7 Å².